The van der Waals surface area contributed by atoms with Gasteiger partial charge in [0.05, 0.1) is 0 Å². The van der Waals surface area contributed by atoms with Crippen molar-refractivity contribution in [3.05, 3.63) is 0 Å². The van der Waals surface area contributed by atoms with Gasteiger partial charge in [0.15, 0.2) is 0 Å². The maximum absolute atomic E-state index is 11.9. The number of rotatable bonds is 1. The van der Waals surface area contributed by atoms with E-state index in [4.69, 9.17) is 9.47 Å². The molecule has 1 aliphatic heterocycles. The first-order chi connectivity index (χ1) is 8.82. The Morgan fingerprint density at radius 2 is 1.84 bits per heavy atom. The third kappa shape index (κ3) is 3.59. The minimum absolute atomic E-state index is 0.00802. The summed E-state index contributed by atoms with van der Waals surface area (Å²) in [6.07, 6.45) is 2.11. The Labute approximate surface area is 113 Å². The summed E-state index contributed by atoms with van der Waals surface area (Å²) in [7, 11) is 0. The Bertz CT molecular complexity index is 369. The molecule has 1 spiro atoms. The number of hydrogen-bond donors (Lipinski definition) is 2. The largest absolute Gasteiger partial charge is 0.443 e. The summed E-state index contributed by atoms with van der Waals surface area (Å²) >= 11 is 0. The summed E-state index contributed by atoms with van der Waals surface area (Å²) in [5, 5.41) is 0. The molecule has 0 aromatic heterocycles. The molecule has 0 radical (unpaired) electrons. The van der Waals surface area contributed by atoms with Gasteiger partial charge in [-0.15, -0.1) is 0 Å². The molecular formula is C13H22N2O4. The molecule has 2 amide bonds. The first-order valence-corrected chi connectivity index (χ1v) is 6.69. The fourth-order valence-corrected chi connectivity index (χ4v) is 2.55. The van der Waals surface area contributed by atoms with Crippen LogP contribution in [-0.4, -0.2) is 30.8 Å². The number of nitrogens with one attached hydrogen (secondary N) is 2. The van der Waals surface area contributed by atoms with Gasteiger partial charge >= 0.3 is 6.09 Å². The molecule has 0 unspecified atom stereocenters. The number of hydrazine groups is 1. The third-order valence-electron chi connectivity index (χ3n) is 3.68. The highest BCUT2D eigenvalue weighted by Gasteiger charge is 2.58. The summed E-state index contributed by atoms with van der Waals surface area (Å²) in [6.45, 7) is 6.76. The summed E-state index contributed by atoms with van der Waals surface area (Å²) < 4.78 is 10.3. The van der Waals surface area contributed by atoms with Crippen molar-refractivity contribution in [2.75, 3.05) is 13.2 Å². The van der Waals surface area contributed by atoms with E-state index in [0.29, 0.717) is 0 Å². The zero-order chi connectivity index (χ0) is 14.1. The van der Waals surface area contributed by atoms with Crippen molar-refractivity contribution in [3.63, 3.8) is 0 Å². The second-order valence-electron chi connectivity index (χ2n) is 6.35. The topological polar surface area (TPSA) is 76.7 Å². The highest BCUT2D eigenvalue weighted by molar-refractivity contribution is 5.84. The summed E-state index contributed by atoms with van der Waals surface area (Å²) in [4.78, 5) is 23.3. The van der Waals surface area contributed by atoms with Crippen LogP contribution < -0.4 is 10.9 Å². The van der Waals surface area contributed by atoms with Gasteiger partial charge < -0.3 is 9.47 Å². The molecule has 2 N–H and O–H groups in total. The molecule has 1 atom stereocenters. The van der Waals surface area contributed by atoms with Crippen LogP contribution in [0.1, 0.15) is 40.0 Å². The standard InChI is InChI=1S/C13H22N2O4/c1-12(2,3)19-11(17)15-14-10(16)9-8-13(9)4-6-18-7-5-13/h9H,4-8H2,1-3H3,(H,14,16)(H,15,17)/t9-/m0/s1. The molecule has 1 saturated heterocycles. The maximum Gasteiger partial charge on any atom is 0.426 e. The molecular weight excluding hydrogens is 248 g/mol. The molecule has 1 saturated carbocycles. The van der Waals surface area contributed by atoms with Gasteiger partial charge in [-0.1, -0.05) is 0 Å². The fraction of sp³-hybridized carbons (Fsp3) is 0.846. The van der Waals surface area contributed by atoms with Gasteiger partial charge in [-0.3, -0.25) is 10.2 Å². The van der Waals surface area contributed by atoms with Crippen LogP contribution >= 0.6 is 0 Å². The van der Waals surface area contributed by atoms with Crippen LogP contribution in [-0.2, 0) is 14.3 Å². The van der Waals surface area contributed by atoms with Crippen LogP contribution in [0.3, 0.4) is 0 Å². The average Bonchev–Trinajstić information content (AvgIpc) is 2.99. The van der Waals surface area contributed by atoms with Crippen molar-refractivity contribution in [3.8, 4) is 0 Å². The predicted octanol–water partition coefficient (Wildman–Crippen LogP) is 1.36. The van der Waals surface area contributed by atoms with Crippen LogP contribution in [0.15, 0.2) is 0 Å². The molecule has 0 aromatic carbocycles. The van der Waals surface area contributed by atoms with Gasteiger partial charge in [0.25, 0.3) is 0 Å². The van der Waals surface area contributed by atoms with Gasteiger partial charge in [-0.05, 0) is 45.4 Å². The quantitative estimate of drug-likeness (QED) is 0.705. The molecule has 6 nitrogen and oxygen atoms in total. The minimum Gasteiger partial charge on any atom is -0.443 e. The summed E-state index contributed by atoms with van der Waals surface area (Å²) in [5.41, 5.74) is 4.26. The summed E-state index contributed by atoms with van der Waals surface area (Å²) in [6, 6.07) is 0. The monoisotopic (exact) mass is 270 g/mol. The van der Waals surface area contributed by atoms with Gasteiger partial charge in [0.2, 0.25) is 5.91 Å². The molecule has 6 heteroatoms. The number of hydrogen-bond acceptors (Lipinski definition) is 4. The van der Waals surface area contributed by atoms with Crippen molar-refractivity contribution >= 4 is 12.0 Å². The predicted molar refractivity (Wildman–Crippen MR) is 68.1 cm³/mol. The number of amides is 2. The molecule has 2 rings (SSSR count). The average molecular weight is 270 g/mol. The molecule has 2 fully saturated rings. The van der Waals surface area contributed by atoms with E-state index >= 15 is 0 Å². The Balaban J connectivity index is 1.73. The Morgan fingerprint density at radius 3 is 2.42 bits per heavy atom. The van der Waals surface area contributed by atoms with E-state index in [-0.39, 0.29) is 17.2 Å². The van der Waals surface area contributed by atoms with E-state index in [2.05, 4.69) is 10.9 Å². The van der Waals surface area contributed by atoms with Gasteiger partial charge in [0, 0.05) is 19.1 Å². The third-order valence-corrected chi connectivity index (χ3v) is 3.68. The smallest absolute Gasteiger partial charge is 0.426 e. The normalized spacial score (nSPS) is 24.7. The Kier molecular flexibility index (Phi) is 3.71. The van der Waals surface area contributed by atoms with Crippen LogP contribution in [0.2, 0.25) is 0 Å². The molecule has 0 aromatic rings. The van der Waals surface area contributed by atoms with Gasteiger partial charge in [-0.2, -0.15) is 0 Å². The lowest BCUT2D eigenvalue weighted by molar-refractivity contribution is -0.124. The lowest BCUT2D eigenvalue weighted by Gasteiger charge is -2.23. The molecule has 2 aliphatic rings. The van der Waals surface area contributed by atoms with Crippen molar-refractivity contribution in [2.24, 2.45) is 11.3 Å². The fourth-order valence-electron chi connectivity index (χ4n) is 2.55. The van der Waals surface area contributed by atoms with E-state index < -0.39 is 11.7 Å². The number of carbonyl (C=O) groups is 2. The van der Waals surface area contributed by atoms with Crippen LogP contribution in [0.4, 0.5) is 4.79 Å². The second kappa shape index (κ2) is 5.00. The van der Waals surface area contributed by atoms with Crippen LogP contribution in [0, 0.1) is 11.3 Å². The van der Waals surface area contributed by atoms with Crippen LogP contribution in [0.25, 0.3) is 0 Å². The molecule has 19 heavy (non-hydrogen) atoms. The Morgan fingerprint density at radius 1 is 1.21 bits per heavy atom. The SMILES string of the molecule is CC(C)(C)OC(=O)NNC(=O)[C@@H]1CC12CCOCC2. The minimum atomic E-state index is -0.637. The number of ether oxygens (including phenoxy) is 2. The van der Waals surface area contributed by atoms with Crippen molar-refractivity contribution in [1.29, 1.82) is 0 Å². The Hall–Kier alpha value is -1.30. The first-order valence-electron chi connectivity index (χ1n) is 6.69. The van der Waals surface area contributed by atoms with Gasteiger partial charge in [-0.25, -0.2) is 10.2 Å². The second-order valence-corrected chi connectivity index (χ2v) is 6.35. The van der Waals surface area contributed by atoms with E-state index in [1.807, 2.05) is 0 Å². The lowest BCUT2D eigenvalue weighted by Crippen LogP contribution is -2.45. The first kappa shape index (κ1) is 14.1. The summed E-state index contributed by atoms with van der Waals surface area (Å²) in [5.74, 6) is -0.140. The van der Waals surface area contributed by atoms with E-state index in [1.54, 1.807) is 20.8 Å². The molecule has 1 heterocycles. The van der Waals surface area contributed by atoms with Crippen molar-refractivity contribution in [1.82, 2.24) is 10.9 Å². The zero-order valence-electron chi connectivity index (χ0n) is 11.7. The lowest BCUT2D eigenvalue weighted by atomic mass is 9.94. The molecule has 0 bridgehead atoms. The molecule has 108 valence electrons. The van der Waals surface area contributed by atoms with Gasteiger partial charge in [0.1, 0.15) is 5.60 Å². The van der Waals surface area contributed by atoms with Crippen molar-refractivity contribution in [2.45, 2.75) is 45.6 Å². The highest BCUT2D eigenvalue weighted by Crippen LogP contribution is 2.59. The van der Waals surface area contributed by atoms with Crippen molar-refractivity contribution < 1.29 is 19.1 Å². The molecule has 1 aliphatic carbocycles. The highest BCUT2D eigenvalue weighted by atomic mass is 16.6. The zero-order valence-corrected chi connectivity index (χ0v) is 11.7. The van der Waals surface area contributed by atoms with E-state index in [0.717, 1.165) is 32.5 Å². The van der Waals surface area contributed by atoms with E-state index in [9.17, 15) is 9.59 Å². The maximum atomic E-state index is 11.9. The van der Waals surface area contributed by atoms with Crippen LogP contribution in [0.5, 0.6) is 0 Å². The number of carbonyl (C=O) groups excluding carboxylic acids is 2. The van der Waals surface area contributed by atoms with E-state index in [1.165, 1.54) is 0 Å².